The van der Waals surface area contributed by atoms with Crippen LogP contribution < -0.4 is 5.73 Å². The monoisotopic (exact) mass is 263 g/mol. The highest BCUT2D eigenvalue weighted by atomic mass is 16.5. The number of hydrogen-bond donors (Lipinski definition) is 2. The summed E-state index contributed by atoms with van der Waals surface area (Å²) in [6.07, 6.45) is 1.12. The molecule has 3 N–H and O–H groups in total. The Labute approximate surface area is 113 Å². The molecule has 2 rings (SSSR count). The number of benzene rings is 1. The summed E-state index contributed by atoms with van der Waals surface area (Å²) in [5.74, 6) is -0.334. The van der Waals surface area contributed by atoms with Gasteiger partial charge in [-0.3, -0.25) is 4.79 Å². The Hall–Kier alpha value is -1.39. The van der Waals surface area contributed by atoms with E-state index in [4.69, 9.17) is 10.5 Å². The van der Waals surface area contributed by atoms with Crippen LogP contribution in [0.5, 0.6) is 0 Å². The van der Waals surface area contributed by atoms with Crippen molar-refractivity contribution >= 4 is 5.97 Å². The van der Waals surface area contributed by atoms with Gasteiger partial charge in [0.25, 0.3) is 0 Å². The van der Waals surface area contributed by atoms with Gasteiger partial charge in [-0.1, -0.05) is 30.3 Å². The molecule has 1 aliphatic rings. The summed E-state index contributed by atoms with van der Waals surface area (Å²) in [7, 11) is 0. The van der Waals surface area contributed by atoms with Crippen LogP contribution in [0, 0.1) is 5.41 Å². The Kier molecular flexibility index (Phi) is 4.22. The predicted molar refractivity (Wildman–Crippen MR) is 72.2 cm³/mol. The molecule has 4 nitrogen and oxygen atoms in total. The zero-order chi connectivity index (χ0) is 13.9. The average Bonchev–Trinajstić information content (AvgIpc) is 2.81. The first-order valence-electron chi connectivity index (χ1n) is 6.69. The third kappa shape index (κ3) is 2.96. The maximum Gasteiger partial charge on any atom is 0.315 e. The van der Waals surface area contributed by atoms with Crippen LogP contribution in [0.1, 0.15) is 31.7 Å². The summed E-state index contributed by atoms with van der Waals surface area (Å²) in [6.45, 7) is 1.88. The lowest BCUT2D eigenvalue weighted by molar-refractivity contribution is -0.164. The molecule has 104 valence electrons. The first-order chi connectivity index (χ1) is 9.04. The molecule has 0 radical (unpaired) electrons. The second kappa shape index (κ2) is 5.72. The highest BCUT2D eigenvalue weighted by Crippen LogP contribution is 2.41. The minimum atomic E-state index is -0.825. The second-order valence-corrected chi connectivity index (χ2v) is 5.40. The molecule has 0 aromatic heterocycles. The number of aliphatic hydroxyl groups is 1. The molecule has 0 bridgehead atoms. The largest absolute Gasteiger partial charge is 0.460 e. The first kappa shape index (κ1) is 14.0. The first-order valence-corrected chi connectivity index (χ1v) is 6.69. The van der Waals surface area contributed by atoms with Gasteiger partial charge in [0.15, 0.2) is 0 Å². The molecule has 0 heterocycles. The fraction of sp³-hybridized carbons (Fsp3) is 0.533. The lowest BCUT2D eigenvalue weighted by Gasteiger charge is -2.29. The summed E-state index contributed by atoms with van der Waals surface area (Å²) in [5.41, 5.74) is 5.99. The van der Waals surface area contributed by atoms with E-state index in [1.807, 2.05) is 30.3 Å². The van der Waals surface area contributed by atoms with Gasteiger partial charge in [-0.05, 0) is 31.7 Å². The van der Waals surface area contributed by atoms with Crippen molar-refractivity contribution in [2.75, 3.05) is 0 Å². The zero-order valence-corrected chi connectivity index (χ0v) is 11.2. The van der Waals surface area contributed by atoms with E-state index in [0.29, 0.717) is 12.8 Å². The molecule has 3 atom stereocenters. The molecule has 0 amide bonds. The summed E-state index contributed by atoms with van der Waals surface area (Å²) >= 11 is 0. The van der Waals surface area contributed by atoms with E-state index in [0.717, 1.165) is 12.0 Å². The molecule has 0 spiro atoms. The van der Waals surface area contributed by atoms with Crippen LogP contribution in [0.2, 0.25) is 0 Å². The van der Waals surface area contributed by atoms with E-state index < -0.39 is 11.5 Å². The van der Waals surface area contributed by atoms with E-state index in [2.05, 4.69) is 0 Å². The molecule has 1 aromatic carbocycles. The van der Waals surface area contributed by atoms with E-state index in [1.165, 1.54) is 0 Å². The summed E-state index contributed by atoms with van der Waals surface area (Å²) in [4.78, 5) is 12.3. The molecule has 1 saturated carbocycles. The lowest BCUT2D eigenvalue weighted by Crippen LogP contribution is -2.41. The number of carbonyl (C=O) groups excluding carboxylic acids is 1. The van der Waals surface area contributed by atoms with Gasteiger partial charge >= 0.3 is 5.97 Å². The SMILES string of the molecule is CC(O)[C@]1(C(=O)OCc2ccccc2)CC[C@@H](N)C1. The Bertz CT molecular complexity index is 432. The fourth-order valence-corrected chi connectivity index (χ4v) is 2.72. The van der Waals surface area contributed by atoms with Crippen molar-refractivity contribution < 1.29 is 14.6 Å². The molecule has 1 unspecified atom stereocenters. The van der Waals surface area contributed by atoms with Gasteiger partial charge in [0.05, 0.1) is 11.5 Å². The smallest absolute Gasteiger partial charge is 0.315 e. The third-order valence-electron chi connectivity index (χ3n) is 4.01. The number of carbonyl (C=O) groups is 1. The Morgan fingerprint density at radius 2 is 2.21 bits per heavy atom. The third-order valence-corrected chi connectivity index (χ3v) is 4.01. The molecule has 1 aromatic rings. The highest BCUT2D eigenvalue weighted by molar-refractivity contribution is 5.78. The number of esters is 1. The van der Waals surface area contributed by atoms with Crippen LogP contribution in [0.15, 0.2) is 30.3 Å². The van der Waals surface area contributed by atoms with Gasteiger partial charge in [0.2, 0.25) is 0 Å². The number of ether oxygens (including phenoxy) is 1. The molecule has 19 heavy (non-hydrogen) atoms. The van der Waals surface area contributed by atoms with Gasteiger partial charge in [0, 0.05) is 6.04 Å². The van der Waals surface area contributed by atoms with Crippen molar-refractivity contribution in [3.63, 3.8) is 0 Å². The molecular formula is C15H21NO3. The number of hydrogen-bond acceptors (Lipinski definition) is 4. The van der Waals surface area contributed by atoms with Gasteiger partial charge in [-0.2, -0.15) is 0 Å². The van der Waals surface area contributed by atoms with Crippen LogP contribution in [-0.2, 0) is 16.1 Å². The van der Waals surface area contributed by atoms with Gasteiger partial charge < -0.3 is 15.6 Å². The molecule has 1 aliphatic carbocycles. The molecule has 4 heteroatoms. The predicted octanol–water partition coefficient (Wildman–Crippen LogP) is 1.61. The van der Waals surface area contributed by atoms with Crippen molar-refractivity contribution in [2.24, 2.45) is 11.1 Å². The van der Waals surface area contributed by atoms with Crippen LogP contribution in [0.3, 0.4) is 0 Å². The minimum Gasteiger partial charge on any atom is -0.460 e. The number of nitrogens with two attached hydrogens (primary N) is 1. The van der Waals surface area contributed by atoms with Crippen LogP contribution in [0.25, 0.3) is 0 Å². The molecular weight excluding hydrogens is 242 g/mol. The van der Waals surface area contributed by atoms with Crippen LogP contribution >= 0.6 is 0 Å². The Morgan fingerprint density at radius 3 is 2.74 bits per heavy atom. The summed E-state index contributed by atoms with van der Waals surface area (Å²) < 4.78 is 5.37. The van der Waals surface area contributed by atoms with Crippen LogP contribution in [-0.4, -0.2) is 23.2 Å². The Morgan fingerprint density at radius 1 is 1.53 bits per heavy atom. The number of aliphatic hydroxyl groups excluding tert-OH is 1. The normalized spacial score (nSPS) is 28.1. The van der Waals surface area contributed by atoms with Gasteiger partial charge in [-0.15, -0.1) is 0 Å². The topological polar surface area (TPSA) is 72.5 Å². The average molecular weight is 263 g/mol. The molecule has 0 aliphatic heterocycles. The fourth-order valence-electron chi connectivity index (χ4n) is 2.72. The van der Waals surface area contributed by atoms with Gasteiger partial charge in [0.1, 0.15) is 6.61 Å². The van der Waals surface area contributed by atoms with Crippen LogP contribution in [0.4, 0.5) is 0 Å². The Balaban J connectivity index is 2.01. The van der Waals surface area contributed by atoms with E-state index in [1.54, 1.807) is 6.92 Å². The minimum absolute atomic E-state index is 0.0288. The maximum atomic E-state index is 12.3. The van der Waals surface area contributed by atoms with E-state index >= 15 is 0 Å². The quantitative estimate of drug-likeness (QED) is 0.809. The van der Waals surface area contributed by atoms with Crippen molar-refractivity contribution in [1.82, 2.24) is 0 Å². The van der Waals surface area contributed by atoms with Crippen molar-refractivity contribution in [3.05, 3.63) is 35.9 Å². The van der Waals surface area contributed by atoms with E-state index in [9.17, 15) is 9.90 Å². The van der Waals surface area contributed by atoms with Crippen molar-refractivity contribution in [3.8, 4) is 0 Å². The number of rotatable bonds is 4. The summed E-state index contributed by atoms with van der Waals surface area (Å²) in [5, 5.41) is 9.93. The standard InChI is InChI=1S/C15H21NO3/c1-11(17)15(8-7-13(16)9-15)14(18)19-10-12-5-3-2-4-6-12/h2-6,11,13,17H,7-10,16H2,1H3/t11?,13-,15+/m1/s1. The maximum absolute atomic E-state index is 12.3. The highest BCUT2D eigenvalue weighted by Gasteiger charge is 2.49. The molecule has 1 fully saturated rings. The second-order valence-electron chi connectivity index (χ2n) is 5.40. The van der Waals surface area contributed by atoms with Crippen molar-refractivity contribution in [2.45, 2.75) is 44.9 Å². The lowest BCUT2D eigenvalue weighted by atomic mass is 9.81. The van der Waals surface area contributed by atoms with Crippen molar-refractivity contribution in [1.29, 1.82) is 0 Å². The summed E-state index contributed by atoms with van der Waals surface area (Å²) in [6, 6.07) is 9.50. The van der Waals surface area contributed by atoms with E-state index in [-0.39, 0.29) is 18.6 Å². The molecule has 0 saturated heterocycles. The van der Waals surface area contributed by atoms with Gasteiger partial charge in [-0.25, -0.2) is 0 Å². The zero-order valence-electron chi connectivity index (χ0n) is 11.2.